The van der Waals surface area contributed by atoms with Crippen LogP contribution < -0.4 is 10.6 Å². The van der Waals surface area contributed by atoms with E-state index in [4.69, 9.17) is 0 Å². The molecule has 2 N–H and O–H groups in total. The summed E-state index contributed by atoms with van der Waals surface area (Å²) in [6.45, 7) is 6.75. The Morgan fingerprint density at radius 3 is 2.85 bits per heavy atom. The van der Waals surface area contributed by atoms with Crippen LogP contribution in [0.3, 0.4) is 0 Å². The number of aromatic nitrogens is 4. The molecule has 1 amide bonds. The summed E-state index contributed by atoms with van der Waals surface area (Å²) in [6.07, 6.45) is 0.845. The van der Waals surface area contributed by atoms with Gasteiger partial charge in [-0.15, -0.1) is 10.2 Å². The lowest BCUT2D eigenvalue weighted by Gasteiger charge is -2.22. The molecule has 3 aromatic rings. The van der Waals surface area contributed by atoms with Crippen molar-refractivity contribution in [1.29, 1.82) is 0 Å². The predicted molar refractivity (Wildman–Crippen MR) is 103 cm³/mol. The fourth-order valence-electron chi connectivity index (χ4n) is 3.46. The lowest BCUT2D eigenvalue weighted by Crippen LogP contribution is -2.34. The molecule has 1 aliphatic heterocycles. The van der Waals surface area contributed by atoms with Gasteiger partial charge in [0.05, 0.1) is 11.6 Å². The highest BCUT2D eigenvalue weighted by molar-refractivity contribution is 5.95. The van der Waals surface area contributed by atoms with E-state index in [-0.39, 0.29) is 17.9 Å². The molecule has 0 bridgehead atoms. The summed E-state index contributed by atoms with van der Waals surface area (Å²) in [4.78, 5) is 17.4. The minimum atomic E-state index is -0.217. The lowest BCUT2D eigenvalue weighted by atomic mass is 10.0. The fraction of sp³-hybridized carbons (Fsp3) is 0.400. The van der Waals surface area contributed by atoms with E-state index in [9.17, 15) is 4.79 Å². The molecule has 1 aliphatic rings. The van der Waals surface area contributed by atoms with Crippen molar-refractivity contribution in [3.63, 3.8) is 0 Å². The topological polar surface area (TPSA) is 84.7 Å². The summed E-state index contributed by atoms with van der Waals surface area (Å²) in [5.74, 6) is 1.78. The van der Waals surface area contributed by atoms with E-state index in [1.165, 1.54) is 0 Å². The number of hydrogen-bond acceptors (Lipinski definition) is 5. The van der Waals surface area contributed by atoms with Crippen LogP contribution >= 0.6 is 0 Å². The van der Waals surface area contributed by atoms with Crippen molar-refractivity contribution >= 4 is 16.8 Å². The highest BCUT2D eigenvalue weighted by Crippen LogP contribution is 2.22. The van der Waals surface area contributed by atoms with Crippen molar-refractivity contribution in [2.45, 2.75) is 32.9 Å². The lowest BCUT2D eigenvalue weighted by molar-refractivity contribution is 0.0917. The monoisotopic (exact) mass is 364 g/mol. The summed E-state index contributed by atoms with van der Waals surface area (Å²) in [6, 6.07) is 11.3. The third kappa shape index (κ3) is 3.55. The normalized spacial score (nSPS) is 15.4. The molecular weight excluding hydrogens is 340 g/mol. The van der Waals surface area contributed by atoms with Gasteiger partial charge in [0, 0.05) is 31.4 Å². The molecule has 7 nitrogen and oxygen atoms in total. The van der Waals surface area contributed by atoms with E-state index < -0.39 is 0 Å². The van der Waals surface area contributed by atoms with Gasteiger partial charge in [-0.25, -0.2) is 4.98 Å². The summed E-state index contributed by atoms with van der Waals surface area (Å²) >= 11 is 0. The zero-order chi connectivity index (χ0) is 18.8. The van der Waals surface area contributed by atoms with Crippen molar-refractivity contribution in [3.8, 4) is 0 Å². The first-order chi connectivity index (χ1) is 13.1. The van der Waals surface area contributed by atoms with E-state index in [0.717, 1.165) is 48.6 Å². The quantitative estimate of drug-likeness (QED) is 0.741. The smallest absolute Gasteiger partial charge is 0.270 e. The maximum atomic E-state index is 12.9. The van der Waals surface area contributed by atoms with E-state index in [2.05, 4.69) is 44.2 Å². The number of nitrogens with zero attached hydrogens (tertiary/aromatic N) is 4. The second-order valence-electron chi connectivity index (χ2n) is 7.21. The molecule has 0 unspecified atom stereocenters. The Bertz CT molecular complexity index is 964. The zero-order valence-corrected chi connectivity index (χ0v) is 15.6. The van der Waals surface area contributed by atoms with Gasteiger partial charge < -0.3 is 15.2 Å². The molecule has 0 saturated carbocycles. The number of benzene rings is 1. The van der Waals surface area contributed by atoms with Crippen LogP contribution in [0.2, 0.25) is 0 Å². The Morgan fingerprint density at radius 1 is 1.15 bits per heavy atom. The summed E-state index contributed by atoms with van der Waals surface area (Å²) in [5, 5.41) is 16.3. The molecule has 3 heterocycles. The summed E-state index contributed by atoms with van der Waals surface area (Å²) in [7, 11) is 0. The van der Waals surface area contributed by atoms with Gasteiger partial charge in [-0.2, -0.15) is 0 Å². The number of amides is 1. The van der Waals surface area contributed by atoms with Gasteiger partial charge in [0.15, 0.2) is 5.82 Å². The highest BCUT2D eigenvalue weighted by atomic mass is 16.2. The summed E-state index contributed by atoms with van der Waals surface area (Å²) in [5.41, 5.74) is 1.23. The van der Waals surface area contributed by atoms with Crippen molar-refractivity contribution in [3.05, 3.63) is 53.7 Å². The number of pyridine rings is 1. The Balaban J connectivity index is 1.61. The molecule has 2 aromatic heterocycles. The van der Waals surface area contributed by atoms with Crippen LogP contribution in [0.4, 0.5) is 0 Å². The average molecular weight is 364 g/mol. The second kappa shape index (κ2) is 7.44. The molecule has 0 fully saturated rings. The van der Waals surface area contributed by atoms with Crippen molar-refractivity contribution in [2.75, 3.05) is 13.1 Å². The standard InChI is InChI=1S/C20H24N6O/c1-13(2)18(19-25-24-17-9-10-21-11-12-26(17)19)23-20(27)16-8-7-14-5-3-4-6-15(14)22-16/h3-8,13,18,21H,9-12H2,1-2H3,(H,23,27)/t18-/m1/s1. The zero-order valence-electron chi connectivity index (χ0n) is 15.6. The van der Waals surface area contributed by atoms with Gasteiger partial charge >= 0.3 is 0 Å². The SMILES string of the molecule is CC(C)[C@@H](NC(=O)c1ccc2ccccc2n1)c1nnc2n1CCNCC2. The second-order valence-corrected chi connectivity index (χ2v) is 7.21. The summed E-state index contributed by atoms with van der Waals surface area (Å²) < 4.78 is 2.14. The Kier molecular flexibility index (Phi) is 4.85. The first-order valence-corrected chi connectivity index (χ1v) is 9.43. The van der Waals surface area contributed by atoms with Crippen LogP contribution in [0.1, 0.15) is 42.0 Å². The third-order valence-corrected chi connectivity index (χ3v) is 4.96. The van der Waals surface area contributed by atoms with Crippen LogP contribution in [0, 0.1) is 5.92 Å². The van der Waals surface area contributed by atoms with Crippen LogP contribution in [0.5, 0.6) is 0 Å². The molecule has 1 atom stereocenters. The number of rotatable bonds is 4. The Labute approximate surface area is 158 Å². The molecule has 0 saturated heterocycles. The number of fused-ring (bicyclic) bond motifs is 2. The van der Waals surface area contributed by atoms with Crippen molar-refractivity contribution < 1.29 is 4.79 Å². The van der Waals surface area contributed by atoms with Gasteiger partial charge in [0.1, 0.15) is 11.5 Å². The first-order valence-electron chi connectivity index (χ1n) is 9.43. The average Bonchev–Trinajstić information content (AvgIpc) is 2.92. The Morgan fingerprint density at radius 2 is 2.00 bits per heavy atom. The van der Waals surface area contributed by atoms with Crippen LogP contribution in [0.25, 0.3) is 10.9 Å². The molecule has 7 heteroatoms. The fourth-order valence-corrected chi connectivity index (χ4v) is 3.46. The van der Waals surface area contributed by atoms with Gasteiger partial charge in [0.2, 0.25) is 0 Å². The largest absolute Gasteiger partial charge is 0.340 e. The van der Waals surface area contributed by atoms with Crippen LogP contribution in [-0.4, -0.2) is 38.7 Å². The van der Waals surface area contributed by atoms with Gasteiger partial charge in [-0.05, 0) is 18.1 Å². The van der Waals surface area contributed by atoms with Crippen molar-refractivity contribution in [2.24, 2.45) is 5.92 Å². The highest BCUT2D eigenvalue weighted by Gasteiger charge is 2.27. The number of hydrogen-bond donors (Lipinski definition) is 2. The maximum Gasteiger partial charge on any atom is 0.270 e. The number of carbonyl (C=O) groups is 1. The number of nitrogens with one attached hydrogen (secondary N) is 2. The minimum absolute atomic E-state index is 0.180. The molecule has 0 aliphatic carbocycles. The van der Waals surface area contributed by atoms with Gasteiger partial charge in [-0.1, -0.05) is 38.1 Å². The van der Waals surface area contributed by atoms with E-state index in [0.29, 0.717) is 5.69 Å². The van der Waals surface area contributed by atoms with Crippen LogP contribution in [0.15, 0.2) is 36.4 Å². The molecule has 140 valence electrons. The van der Waals surface area contributed by atoms with E-state index >= 15 is 0 Å². The third-order valence-electron chi connectivity index (χ3n) is 4.96. The number of para-hydroxylation sites is 1. The number of carbonyl (C=O) groups excluding carboxylic acids is 1. The molecule has 27 heavy (non-hydrogen) atoms. The molecule has 0 radical (unpaired) electrons. The molecule has 4 rings (SSSR count). The van der Waals surface area contributed by atoms with Crippen molar-refractivity contribution in [1.82, 2.24) is 30.4 Å². The molecule has 0 spiro atoms. The van der Waals surface area contributed by atoms with Crippen LogP contribution in [-0.2, 0) is 13.0 Å². The first kappa shape index (κ1) is 17.6. The molecular formula is C20H24N6O. The van der Waals surface area contributed by atoms with E-state index in [1.807, 2.05) is 30.3 Å². The van der Waals surface area contributed by atoms with Gasteiger partial charge in [0.25, 0.3) is 5.91 Å². The molecule has 1 aromatic carbocycles. The van der Waals surface area contributed by atoms with E-state index in [1.54, 1.807) is 6.07 Å². The minimum Gasteiger partial charge on any atom is -0.340 e. The predicted octanol–water partition coefficient (Wildman–Crippen LogP) is 2.10. The maximum absolute atomic E-state index is 12.9. The van der Waals surface area contributed by atoms with Gasteiger partial charge in [-0.3, -0.25) is 4.79 Å². The Hall–Kier alpha value is -2.80.